The van der Waals surface area contributed by atoms with Crippen molar-refractivity contribution in [1.82, 2.24) is 0 Å². The van der Waals surface area contributed by atoms with Gasteiger partial charge in [0, 0.05) is 6.04 Å². The number of hydrogen-bond donors (Lipinski definition) is 1. The molecule has 1 fully saturated rings. The Morgan fingerprint density at radius 2 is 1.79 bits per heavy atom. The van der Waals surface area contributed by atoms with E-state index in [1.165, 1.54) is 44.1 Å². The molecule has 1 aliphatic carbocycles. The van der Waals surface area contributed by atoms with E-state index in [4.69, 9.17) is 5.73 Å². The Labute approximate surface area is 118 Å². The minimum atomic E-state index is 0.431. The molecule has 1 aromatic rings. The lowest BCUT2D eigenvalue weighted by Crippen LogP contribution is -2.36. The zero-order chi connectivity index (χ0) is 13.7. The van der Waals surface area contributed by atoms with Crippen molar-refractivity contribution in [2.45, 2.75) is 64.3 Å². The van der Waals surface area contributed by atoms with Crippen molar-refractivity contribution in [3.8, 4) is 0 Å². The molecular formula is C18H29N. The van der Waals surface area contributed by atoms with E-state index in [0.717, 1.165) is 17.8 Å². The van der Waals surface area contributed by atoms with E-state index >= 15 is 0 Å². The van der Waals surface area contributed by atoms with Gasteiger partial charge in [-0.25, -0.2) is 0 Å². The summed E-state index contributed by atoms with van der Waals surface area (Å²) in [6, 6.07) is 11.4. The van der Waals surface area contributed by atoms with Crippen molar-refractivity contribution in [2.75, 3.05) is 0 Å². The second-order valence-electron chi connectivity index (χ2n) is 6.26. The molecule has 0 saturated heterocycles. The van der Waals surface area contributed by atoms with E-state index in [-0.39, 0.29) is 0 Å². The predicted octanol–water partition coefficient (Wildman–Crippen LogP) is 4.72. The van der Waals surface area contributed by atoms with Crippen molar-refractivity contribution in [3.63, 3.8) is 0 Å². The summed E-state index contributed by atoms with van der Waals surface area (Å²) in [5.74, 6) is 2.33. The summed E-state index contributed by atoms with van der Waals surface area (Å²) in [7, 11) is 0. The molecule has 1 aliphatic rings. The fourth-order valence-electron chi connectivity index (χ4n) is 3.64. The minimum absolute atomic E-state index is 0.431. The van der Waals surface area contributed by atoms with Gasteiger partial charge in [-0.3, -0.25) is 0 Å². The average molecular weight is 259 g/mol. The number of rotatable bonds is 5. The van der Waals surface area contributed by atoms with Crippen LogP contribution in [0, 0.1) is 11.8 Å². The first-order valence-electron chi connectivity index (χ1n) is 8.05. The number of hydrogen-bond acceptors (Lipinski definition) is 1. The molecule has 0 spiro atoms. The zero-order valence-electron chi connectivity index (χ0n) is 12.5. The van der Waals surface area contributed by atoms with Crippen LogP contribution >= 0.6 is 0 Å². The quantitative estimate of drug-likeness (QED) is 0.813. The smallest absolute Gasteiger partial charge is 0.00676 e. The van der Waals surface area contributed by atoms with Gasteiger partial charge >= 0.3 is 0 Å². The molecule has 3 unspecified atom stereocenters. The van der Waals surface area contributed by atoms with Crippen LogP contribution in [0.5, 0.6) is 0 Å². The van der Waals surface area contributed by atoms with E-state index in [9.17, 15) is 0 Å². The average Bonchev–Trinajstić information content (AvgIpc) is 2.47. The molecule has 1 saturated carbocycles. The maximum Gasteiger partial charge on any atom is 0.00676 e. The molecule has 0 bridgehead atoms. The summed E-state index contributed by atoms with van der Waals surface area (Å²) < 4.78 is 0. The van der Waals surface area contributed by atoms with Crippen LogP contribution in [0.3, 0.4) is 0 Å². The van der Waals surface area contributed by atoms with Gasteiger partial charge in [-0.15, -0.1) is 0 Å². The van der Waals surface area contributed by atoms with E-state index in [1.807, 2.05) is 0 Å². The monoisotopic (exact) mass is 259 g/mol. The lowest BCUT2D eigenvalue weighted by molar-refractivity contribution is 0.226. The summed E-state index contributed by atoms with van der Waals surface area (Å²) in [5.41, 5.74) is 7.89. The number of nitrogens with two attached hydrogens (primary N) is 1. The highest BCUT2D eigenvalue weighted by Crippen LogP contribution is 2.39. The van der Waals surface area contributed by atoms with Crippen LogP contribution in [0.1, 0.15) is 63.9 Å². The Morgan fingerprint density at radius 3 is 2.42 bits per heavy atom. The molecule has 1 heteroatoms. The van der Waals surface area contributed by atoms with E-state index in [2.05, 4.69) is 44.2 Å². The Bertz CT molecular complexity index is 355. The fraction of sp³-hybridized carbons (Fsp3) is 0.667. The van der Waals surface area contributed by atoms with Gasteiger partial charge in [0.1, 0.15) is 0 Å². The molecule has 0 radical (unpaired) electrons. The van der Waals surface area contributed by atoms with Crippen molar-refractivity contribution in [2.24, 2.45) is 17.6 Å². The minimum Gasteiger partial charge on any atom is -0.327 e. The van der Waals surface area contributed by atoms with Gasteiger partial charge in [-0.1, -0.05) is 57.0 Å². The normalized spacial score (nSPS) is 27.7. The van der Waals surface area contributed by atoms with Gasteiger partial charge in [0.15, 0.2) is 0 Å². The van der Waals surface area contributed by atoms with Crippen LogP contribution < -0.4 is 5.73 Å². The summed E-state index contributed by atoms with van der Waals surface area (Å²) in [6.45, 7) is 4.63. The molecule has 3 atom stereocenters. The summed E-state index contributed by atoms with van der Waals surface area (Å²) in [4.78, 5) is 0. The van der Waals surface area contributed by atoms with Gasteiger partial charge in [0.05, 0.1) is 0 Å². The predicted molar refractivity (Wildman–Crippen MR) is 83.2 cm³/mol. The van der Waals surface area contributed by atoms with Crippen molar-refractivity contribution in [1.29, 1.82) is 0 Å². The van der Waals surface area contributed by atoms with Gasteiger partial charge in [0.2, 0.25) is 0 Å². The second-order valence-corrected chi connectivity index (χ2v) is 6.26. The van der Waals surface area contributed by atoms with Crippen LogP contribution in [0.15, 0.2) is 30.3 Å². The molecule has 0 heterocycles. The Hall–Kier alpha value is -0.820. The highest BCUT2D eigenvalue weighted by molar-refractivity contribution is 5.20. The SMILES string of the molecule is CCC(CC)CC1CC(c2ccccc2)CCC1N. The van der Waals surface area contributed by atoms with Crippen LogP contribution in [0.25, 0.3) is 0 Å². The van der Waals surface area contributed by atoms with Gasteiger partial charge in [0.25, 0.3) is 0 Å². The van der Waals surface area contributed by atoms with Crippen molar-refractivity contribution in [3.05, 3.63) is 35.9 Å². The van der Waals surface area contributed by atoms with E-state index in [1.54, 1.807) is 0 Å². The highest BCUT2D eigenvalue weighted by Gasteiger charge is 2.29. The van der Waals surface area contributed by atoms with Gasteiger partial charge in [-0.05, 0) is 49.0 Å². The molecule has 19 heavy (non-hydrogen) atoms. The molecular weight excluding hydrogens is 230 g/mol. The molecule has 1 nitrogen and oxygen atoms in total. The lowest BCUT2D eigenvalue weighted by atomic mass is 9.72. The largest absolute Gasteiger partial charge is 0.327 e. The second kappa shape index (κ2) is 7.09. The molecule has 0 amide bonds. The van der Waals surface area contributed by atoms with Crippen molar-refractivity contribution >= 4 is 0 Å². The Balaban J connectivity index is 2.00. The van der Waals surface area contributed by atoms with Crippen LogP contribution in [-0.2, 0) is 0 Å². The third-order valence-electron chi connectivity index (χ3n) is 5.10. The first kappa shape index (κ1) is 14.6. The lowest BCUT2D eigenvalue weighted by Gasteiger charge is -2.36. The third kappa shape index (κ3) is 3.82. The van der Waals surface area contributed by atoms with Crippen LogP contribution in [0.4, 0.5) is 0 Å². The zero-order valence-corrected chi connectivity index (χ0v) is 12.5. The topological polar surface area (TPSA) is 26.0 Å². The van der Waals surface area contributed by atoms with Gasteiger partial charge in [-0.2, -0.15) is 0 Å². The Morgan fingerprint density at radius 1 is 1.11 bits per heavy atom. The molecule has 0 aromatic heterocycles. The number of benzene rings is 1. The molecule has 2 N–H and O–H groups in total. The summed E-state index contributed by atoms with van der Waals surface area (Å²) in [5, 5.41) is 0. The van der Waals surface area contributed by atoms with Crippen molar-refractivity contribution < 1.29 is 0 Å². The summed E-state index contributed by atoms with van der Waals surface area (Å²) in [6.07, 6.45) is 7.69. The maximum absolute atomic E-state index is 6.38. The molecule has 1 aromatic carbocycles. The van der Waals surface area contributed by atoms with E-state index < -0.39 is 0 Å². The Kier molecular flexibility index (Phi) is 5.45. The third-order valence-corrected chi connectivity index (χ3v) is 5.10. The molecule has 2 rings (SSSR count). The maximum atomic E-state index is 6.38. The summed E-state index contributed by atoms with van der Waals surface area (Å²) >= 11 is 0. The van der Waals surface area contributed by atoms with Gasteiger partial charge < -0.3 is 5.73 Å². The highest BCUT2D eigenvalue weighted by atomic mass is 14.7. The standard InChI is InChI=1S/C18H29N/c1-3-14(4-2)12-17-13-16(10-11-18(17)19)15-8-6-5-7-9-15/h5-9,14,16-18H,3-4,10-13,19H2,1-2H3. The first-order chi connectivity index (χ1) is 9.24. The van der Waals surface area contributed by atoms with E-state index in [0.29, 0.717) is 6.04 Å². The molecule has 106 valence electrons. The van der Waals surface area contributed by atoms with Crippen LogP contribution in [0.2, 0.25) is 0 Å². The first-order valence-corrected chi connectivity index (χ1v) is 8.05. The molecule has 0 aliphatic heterocycles. The fourth-order valence-corrected chi connectivity index (χ4v) is 3.64. The van der Waals surface area contributed by atoms with Crippen LogP contribution in [-0.4, -0.2) is 6.04 Å².